The molecular weight excluding hydrogens is 194 g/mol. The first-order chi connectivity index (χ1) is 6.75. The lowest BCUT2D eigenvalue weighted by atomic mass is 10.0. The van der Waals surface area contributed by atoms with Crippen molar-refractivity contribution < 1.29 is 0 Å². The van der Waals surface area contributed by atoms with Crippen molar-refractivity contribution in [2.75, 3.05) is 6.54 Å². The first-order valence-electron chi connectivity index (χ1n) is 4.90. The smallest absolute Gasteiger partial charge is 0.103 e. The van der Waals surface area contributed by atoms with Gasteiger partial charge in [-0.1, -0.05) is 0 Å². The fourth-order valence-electron chi connectivity index (χ4n) is 2.00. The number of thiophene rings is 1. The second-order valence-electron chi connectivity index (χ2n) is 4.15. The maximum Gasteiger partial charge on any atom is 0.103 e. The zero-order chi connectivity index (χ0) is 9.76. The molecule has 0 unspecified atom stereocenters. The molecule has 1 fully saturated rings. The Kier molecular flexibility index (Phi) is 1.56. The molecule has 0 aliphatic heterocycles. The minimum absolute atomic E-state index is 0.228. The molecule has 1 aliphatic rings. The lowest BCUT2D eigenvalue weighted by Crippen LogP contribution is -2.20. The van der Waals surface area contributed by atoms with E-state index in [4.69, 9.17) is 5.73 Å². The van der Waals surface area contributed by atoms with Crippen LogP contribution in [0.5, 0.6) is 0 Å². The van der Waals surface area contributed by atoms with Crippen molar-refractivity contribution in [1.82, 2.24) is 10.2 Å². The van der Waals surface area contributed by atoms with Crippen LogP contribution in [0, 0.1) is 6.92 Å². The quantitative estimate of drug-likeness (QED) is 0.790. The third-order valence-corrected chi connectivity index (χ3v) is 4.18. The summed E-state index contributed by atoms with van der Waals surface area (Å²) in [5, 5.41) is 7.48. The molecule has 14 heavy (non-hydrogen) atoms. The van der Waals surface area contributed by atoms with Crippen LogP contribution in [-0.4, -0.2) is 16.7 Å². The minimum atomic E-state index is 0.228. The Morgan fingerprint density at radius 1 is 1.64 bits per heavy atom. The molecule has 74 valence electrons. The van der Waals surface area contributed by atoms with Crippen LogP contribution in [0.15, 0.2) is 6.07 Å². The van der Waals surface area contributed by atoms with Gasteiger partial charge in [-0.2, -0.15) is 5.10 Å². The molecule has 0 bridgehead atoms. The molecule has 0 saturated heterocycles. The van der Waals surface area contributed by atoms with Crippen molar-refractivity contribution >= 4 is 21.6 Å². The molecule has 3 rings (SSSR count). The van der Waals surface area contributed by atoms with Gasteiger partial charge >= 0.3 is 0 Å². The van der Waals surface area contributed by atoms with E-state index in [-0.39, 0.29) is 5.41 Å². The molecular formula is C10H13N3S. The zero-order valence-corrected chi connectivity index (χ0v) is 8.95. The van der Waals surface area contributed by atoms with Crippen molar-refractivity contribution in [2.45, 2.75) is 25.2 Å². The second-order valence-corrected chi connectivity index (χ2v) is 5.41. The van der Waals surface area contributed by atoms with Gasteiger partial charge < -0.3 is 5.73 Å². The number of H-pyrrole nitrogens is 1. The average molecular weight is 207 g/mol. The Morgan fingerprint density at radius 2 is 2.43 bits per heavy atom. The maximum atomic E-state index is 5.81. The van der Waals surface area contributed by atoms with E-state index in [2.05, 4.69) is 23.2 Å². The molecule has 0 spiro atoms. The van der Waals surface area contributed by atoms with Crippen molar-refractivity contribution in [2.24, 2.45) is 5.73 Å². The highest BCUT2D eigenvalue weighted by molar-refractivity contribution is 7.19. The van der Waals surface area contributed by atoms with Crippen LogP contribution in [0.4, 0.5) is 0 Å². The van der Waals surface area contributed by atoms with Gasteiger partial charge in [0.25, 0.3) is 0 Å². The van der Waals surface area contributed by atoms with E-state index >= 15 is 0 Å². The first-order valence-corrected chi connectivity index (χ1v) is 5.72. The summed E-state index contributed by atoms with van der Waals surface area (Å²) in [5.74, 6) is 0. The number of nitrogens with two attached hydrogens (primary N) is 1. The molecule has 0 atom stereocenters. The SMILES string of the molecule is Cc1cc2n[nH]c(C3(CN)CC3)c2s1. The van der Waals surface area contributed by atoms with Gasteiger partial charge in [0.2, 0.25) is 0 Å². The fourth-order valence-corrected chi connectivity index (χ4v) is 3.06. The fraction of sp³-hybridized carbons (Fsp3) is 0.500. The van der Waals surface area contributed by atoms with Crippen LogP contribution < -0.4 is 5.73 Å². The third kappa shape index (κ3) is 0.980. The van der Waals surface area contributed by atoms with Gasteiger partial charge in [-0.15, -0.1) is 11.3 Å². The molecule has 3 N–H and O–H groups in total. The highest BCUT2D eigenvalue weighted by atomic mass is 32.1. The zero-order valence-electron chi connectivity index (χ0n) is 8.13. The summed E-state index contributed by atoms with van der Waals surface area (Å²) in [7, 11) is 0. The molecule has 2 aromatic rings. The topological polar surface area (TPSA) is 54.7 Å². The Labute approximate surface area is 86.3 Å². The van der Waals surface area contributed by atoms with Crippen molar-refractivity contribution in [3.63, 3.8) is 0 Å². The van der Waals surface area contributed by atoms with Gasteiger partial charge in [-0.3, -0.25) is 5.10 Å². The van der Waals surface area contributed by atoms with Crippen molar-refractivity contribution in [1.29, 1.82) is 0 Å². The molecule has 3 nitrogen and oxygen atoms in total. The molecule has 1 saturated carbocycles. The average Bonchev–Trinajstić information content (AvgIpc) is 2.74. The van der Waals surface area contributed by atoms with Crippen LogP contribution in [0.1, 0.15) is 23.4 Å². The molecule has 2 heterocycles. The standard InChI is InChI=1S/C10H13N3S/c1-6-4-7-8(14-6)9(13-12-7)10(5-11)2-3-10/h4H,2-3,5,11H2,1H3,(H,12,13). The number of aryl methyl sites for hydroxylation is 1. The van der Waals surface area contributed by atoms with Crippen LogP contribution in [0.25, 0.3) is 10.2 Å². The number of fused-ring (bicyclic) bond motifs is 1. The number of nitrogens with zero attached hydrogens (tertiary/aromatic N) is 1. The summed E-state index contributed by atoms with van der Waals surface area (Å²) in [6.07, 6.45) is 2.41. The molecule has 0 aromatic carbocycles. The van der Waals surface area contributed by atoms with E-state index in [1.54, 1.807) is 0 Å². The lowest BCUT2D eigenvalue weighted by Gasteiger charge is -2.08. The van der Waals surface area contributed by atoms with Crippen LogP contribution in [0.2, 0.25) is 0 Å². The minimum Gasteiger partial charge on any atom is -0.330 e. The Bertz CT molecular complexity index is 478. The summed E-state index contributed by atoms with van der Waals surface area (Å²) < 4.78 is 1.31. The predicted molar refractivity (Wildman–Crippen MR) is 58.7 cm³/mol. The normalized spacial score (nSPS) is 19.0. The largest absolute Gasteiger partial charge is 0.330 e. The number of aromatic amines is 1. The Hall–Kier alpha value is -0.870. The van der Waals surface area contributed by atoms with Crippen molar-refractivity contribution in [3.05, 3.63) is 16.6 Å². The predicted octanol–water partition coefficient (Wildman–Crippen LogP) is 1.92. The molecule has 0 radical (unpaired) electrons. The summed E-state index contributed by atoms with van der Waals surface area (Å²) in [5.41, 5.74) is 8.41. The summed E-state index contributed by atoms with van der Waals surface area (Å²) in [4.78, 5) is 1.32. The van der Waals surface area contributed by atoms with Gasteiger partial charge in [0, 0.05) is 16.8 Å². The molecule has 4 heteroatoms. The highest BCUT2D eigenvalue weighted by Crippen LogP contribution is 2.49. The Morgan fingerprint density at radius 3 is 3.07 bits per heavy atom. The van der Waals surface area contributed by atoms with Gasteiger partial charge in [0.15, 0.2) is 0 Å². The second kappa shape index (κ2) is 2.58. The van der Waals surface area contributed by atoms with Gasteiger partial charge in [0.05, 0.1) is 10.4 Å². The Balaban J connectivity index is 2.21. The highest BCUT2D eigenvalue weighted by Gasteiger charge is 2.45. The first kappa shape index (κ1) is 8.44. The third-order valence-electron chi connectivity index (χ3n) is 3.13. The van der Waals surface area contributed by atoms with Crippen LogP contribution >= 0.6 is 11.3 Å². The van der Waals surface area contributed by atoms with E-state index in [1.807, 2.05) is 11.3 Å². The van der Waals surface area contributed by atoms with E-state index in [9.17, 15) is 0 Å². The molecule has 1 aliphatic carbocycles. The number of hydrogen-bond acceptors (Lipinski definition) is 3. The van der Waals surface area contributed by atoms with Gasteiger partial charge in [0.1, 0.15) is 5.52 Å². The summed E-state index contributed by atoms with van der Waals surface area (Å²) >= 11 is 1.82. The van der Waals surface area contributed by atoms with Gasteiger partial charge in [-0.25, -0.2) is 0 Å². The van der Waals surface area contributed by atoms with E-state index in [0.717, 1.165) is 12.1 Å². The van der Waals surface area contributed by atoms with E-state index in [0.29, 0.717) is 0 Å². The molecule has 0 amide bonds. The van der Waals surface area contributed by atoms with Crippen LogP contribution in [0.3, 0.4) is 0 Å². The van der Waals surface area contributed by atoms with Crippen LogP contribution in [-0.2, 0) is 5.41 Å². The van der Waals surface area contributed by atoms with E-state index in [1.165, 1.54) is 28.1 Å². The number of rotatable bonds is 2. The lowest BCUT2D eigenvalue weighted by molar-refractivity contribution is 0.680. The van der Waals surface area contributed by atoms with Gasteiger partial charge in [-0.05, 0) is 25.8 Å². The maximum absolute atomic E-state index is 5.81. The number of nitrogens with one attached hydrogen (secondary N) is 1. The number of aromatic nitrogens is 2. The number of hydrogen-bond donors (Lipinski definition) is 2. The molecule has 2 aromatic heterocycles. The monoisotopic (exact) mass is 207 g/mol. The van der Waals surface area contributed by atoms with Crippen molar-refractivity contribution in [3.8, 4) is 0 Å². The summed E-state index contributed by atoms with van der Waals surface area (Å²) in [6.45, 7) is 2.86. The van der Waals surface area contributed by atoms with E-state index < -0.39 is 0 Å². The summed E-state index contributed by atoms with van der Waals surface area (Å²) in [6, 6.07) is 2.13.